The molecule has 2 amide bonds. The van der Waals surface area contributed by atoms with Gasteiger partial charge in [-0.1, -0.05) is 34.4 Å². The first-order valence-electron chi connectivity index (χ1n) is 9.41. The lowest BCUT2D eigenvalue weighted by atomic mass is 10.0. The van der Waals surface area contributed by atoms with Gasteiger partial charge in [-0.25, -0.2) is 0 Å². The maximum Gasteiger partial charge on any atom is 0.274 e. The Morgan fingerprint density at radius 2 is 2.19 bits per heavy atom. The number of nitrogens with two attached hydrogens (primary N) is 1. The molecule has 1 saturated heterocycles. The number of carbonyl (C=O) groups excluding carboxylic acids is 2. The normalized spacial score (nSPS) is 20.2. The Morgan fingerprint density at radius 3 is 2.94 bits per heavy atom. The van der Waals surface area contributed by atoms with Crippen molar-refractivity contribution in [3.63, 3.8) is 0 Å². The lowest BCUT2D eigenvalue weighted by Crippen LogP contribution is -2.68. The van der Waals surface area contributed by atoms with Crippen LogP contribution in [0, 0.1) is 6.92 Å². The molecule has 10 nitrogen and oxygen atoms in total. The van der Waals surface area contributed by atoms with Crippen molar-refractivity contribution in [2.75, 3.05) is 16.8 Å². The molecule has 1 fully saturated rings. The van der Waals surface area contributed by atoms with Crippen LogP contribution in [0.5, 0.6) is 0 Å². The van der Waals surface area contributed by atoms with E-state index in [4.69, 9.17) is 5.73 Å². The second kappa shape index (κ2) is 8.86. The number of rotatable bonds is 6. The first kappa shape index (κ1) is 21.5. The number of fused-ring (bicyclic) bond motifs is 1. The summed E-state index contributed by atoms with van der Waals surface area (Å²) in [5, 5.41) is 20.8. The number of nitrogens with zero attached hydrogens (tertiary/aromatic N) is 6. The molecule has 2 aliphatic heterocycles. The highest BCUT2D eigenvalue weighted by Gasteiger charge is 2.51. The molecule has 0 saturated carbocycles. The van der Waals surface area contributed by atoms with Gasteiger partial charge in [-0.15, -0.1) is 32.2 Å². The van der Waals surface area contributed by atoms with Gasteiger partial charge in [0.25, 0.3) is 5.91 Å². The molecule has 2 aliphatic rings. The molecular formula is C18H16N8O2S4. The number of hydrogen-bond acceptors (Lipinski definition) is 12. The van der Waals surface area contributed by atoms with E-state index in [-0.39, 0.29) is 11.3 Å². The highest BCUT2D eigenvalue weighted by molar-refractivity contribution is 8.01. The second-order valence-electron chi connectivity index (χ2n) is 6.87. The highest BCUT2D eigenvalue weighted by Crippen LogP contribution is 2.41. The third-order valence-corrected chi connectivity index (χ3v) is 9.04. The smallest absolute Gasteiger partial charge is 0.274 e. The minimum Gasteiger partial charge on any atom is -0.317 e. The van der Waals surface area contributed by atoms with Gasteiger partial charge in [-0.2, -0.15) is 0 Å². The van der Waals surface area contributed by atoms with Crippen molar-refractivity contribution in [2.45, 2.75) is 22.7 Å². The number of aromatic nitrogens is 5. The van der Waals surface area contributed by atoms with Gasteiger partial charge in [-0.05, 0) is 24.6 Å². The maximum atomic E-state index is 13.3. The number of carbonyl (C=O) groups is 2. The molecular weight excluding hydrogens is 489 g/mol. The van der Waals surface area contributed by atoms with Crippen molar-refractivity contribution in [1.82, 2.24) is 30.3 Å². The largest absolute Gasteiger partial charge is 0.317 e. The molecule has 32 heavy (non-hydrogen) atoms. The Morgan fingerprint density at radius 1 is 1.31 bits per heavy atom. The molecule has 0 bridgehead atoms. The van der Waals surface area contributed by atoms with Crippen LogP contribution in [0.15, 0.2) is 40.1 Å². The molecule has 3 aromatic heterocycles. The number of thioether (sulfide) groups is 2. The van der Waals surface area contributed by atoms with Crippen LogP contribution in [0.25, 0.3) is 10.6 Å². The van der Waals surface area contributed by atoms with E-state index in [2.05, 4.69) is 30.7 Å². The molecule has 14 heteroatoms. The minimum absolute atomic E-state index is 0.235. The zero-order valence-corrected chi connectivity index (χ0v) is 19.9. The molecule has 3 aromatic rings. The lowest BCUT2D eigenvalue weighted by molar-refractivity contribution is -0.143. The molecule has 0 aromatic carbocycles. The summed E-state index contributed by atoms with van der Waals surface area (Å²) in [5.74, 6) is 0.475. The van der Waals surface area contributed by atoms with Crippen LogP contribution in [0.4, 0.5) is 5.13 Å². The number of anilines is 1. The van der Waals surface area contributed by atoms with Crippen molar-refractivity contribution in [3.05, 3.63) is 40.8 Å². The zero-order chi connectivity index (χ0) is 22.2. The lowest BCUT2D eigenvalue weighted by Gasteiger charge is -2.48. The van der Waals surface area contributed by atoms with E-state index >= 15 is 0 Å². The van der Waals surface area contributed by atoms with E-state index in [1.807, 2.05) is 19.1 Å². The van der Waals surface area contributed by atoms with Gasteiger partial charge in [-0.3, -0.25) is 24.8 Å². The maximum absolute atomic E-state index is 13.3. The number of pyridine rings is 1. The summed E-state index contributed by atoms with van der Waals surface area (Å²) < 4.78 is 0.818. The van der Waals surface area contributed by atoms with Crippen LogP contribution in [0.1, 0.15) is 5.01 Å². The summed E-state index contributed by atoms with van der Waals surface area (Å²) in [6.07, 6.45) is 3.36. The average Bonchev–Trinajstić information content (AvgIpc) is 3.45. The van der Waals surface area contributed by atoms with Crippen molar-refractivity contribution < 1.29 is 9.59 Å². The van der Waals surface area contributed by atoms with Crippen molar-refractivity contribution in [2.24, 2.45) is 5.73 Å². The van der Waals surface area contributed by atoms with E-state index in [1.165, 1.54) is 39.3 Å². The predicted octanol–water partition coefficient (Wildman–Crippen LogP) is 1.99. The first-order chi connectivity index (χ1) is 15.5. The molecule has 3 N–H and O–H groups in total. The summed E-state index contributed by atoms with van der Waals surface area (Å²) in [4.78, 5) is 31.3. The molecule has 164 valence electrons. The second-order valence-corrected chi connectivity index (χ2v) is 11.4. The van der Waals surface area contributed by atoms with Gasteiger partial charge in [0.2, 0.25) is 11.0 Å². The van der Waals surface area contributed by atoms with Gasteiger partial charge < -0.3 is 5.73 Å². The fourth-order valence-corrected chi connectivity index (χ4v) is 7.20. The fraction of sp³-hybridized carbons (Fsp3) is 0.278. The first-order valence-corrected chi connectivity index (χ1v) is 13.1. The summed E-state index contributed by atoms with van der Waals surface area (Å²) in [5.41, 5.74) is 7.96. The summed E-state index contributed by atoms with van der Waals surface area (Å²) in [6, 6.07) is 3.08. The van der Waals surface area contributed by atoms with Crippen molar-refractivity contribution in [3.8, 4) is 10.6 Å². The summed E-state index contributed by atoms with van der Waals surface area (Å²) >= 11 is 5.80. The van der Waals surface area contributed by atoms with Crippen LogP contribution >= 0.6 is 46.2 Å². The molecule has 0 radical (unpaired) electrons. The van der Waals surface area contributed by atoms with Gasteiger partial charge in [0, 0.05) is 29.5 Å². The SMILES string of the molecule is Cc1nnc(SCC2=C(C(=O)Nc3nnc(-c4cccnc4)s3)N3C(=O)C(N)C3SC2)s1. The van der Waals surface area contributed by atoms with Gasteiger partial charge in [0.15, 0.2) is 9.35 Å². The number of nitrogens with one attached hydrogen (secondary N) is 1. The summed E-state index contributed by atoms with van der Waals surface area (Å²) in [6.45, 7) is 1.89. The molecule has 2 atom stereocenters. The molecule has 5 rings (SSSR count). The summed E-state index contributed by atoms with van der Waals surface area (Å²) in [7, 11) is 0. The van der Waals surface area contributed by atoms with Gasteiger partial charge >= 0.3 is 0 Å². The minimum atomic E-state index is -0.596. The number of hydrogen-bond donors (Lipinski definition) is 2. The monoisotopic (exact) mass is 504 g/mol. The molecule has 0 aliphatic carbocycles. The Labute approximate surface area is 199 Å². The van der Waals surface area contributed by atoms with Gasteiger partial charge in [0.05, 0.1) is 0 Å². The standard InChI is InChI=1S/C18H16N8O2S4/c1-8-22-25-18(31-8)30-7-10-6-29-16-11(19)15(28)26(16)12(10)13(27)21-17-24-23-14(32-17)9-3-2-4-20-5-9/h2-5,11,16H,6-7,19H2,1H3,(H,21,24,27). The van der Waals surface area contributed by atoms with E-state index < -0.39 is 11.9 Å². The van der Waals surface area contributed by atoms with Crippen LogP contribution in [-0.4, -0.2) is 65.0 Å². The quantitative estimate of drug-likeness (QED) is 0.378. The van der Waals surface area contributed by atoms with Crippen molar-refractivity contribution >= 4 is 63.1 Å². The number of β-lactam (4-membered cyclic amide) rings is 1. The fourth-order valence-electron chi connectivity index (χ4n) is 3.23. The Hall–Kier alpha value is -2.39. The van der Waals surface area contributed by atoms with Gasteiger partial charge in [0.1, 0.15) is 22.1 Å². The number of aryl methyl sites for hydroxylation is 1. The number of amides is 2. The van der Waals surface area contributed by atoms with E-state index in [0.29, 0.717) is 27.3 Å². The van der Waals surface area contributed by atoms with Crippen LogP contribution in [-0.2, 0) is 9.59 Å². The molecule has 0 spiro atoms. The van der Waals surface area contributed by atoms with Crippen LogP contribution < -0.4 is 11.1 Å². The predicted molar refractivity (Wildman–Crippen MR) is 125 cm³/mol. The third kappa shape index (κ3) is 4.03. The average molecular weight is 505 g/mol. The Kier molecular flexibility index (Phi) is 5.94. The van der Waals surface area contributed by atoms with Crippen LogP contribution in [0.2, 0.25) is 0 Å². The Bertz CT molecular complexity index is 1210. The third-order valence-electron chi connectivity index (χ3n) is 4.73. The van der Waals surface area contributed by atoms with Crippen molar-refractivity contribution in [1.29, 1.82) is 0 Å². The zero-order valence-electron chi connectivity index (χ0n) is 16.6. The van der Waals surface area contributed by atoms with Crippen LogP contribution in [0.3, 0.4) is 0 Å². The highest BCUT2D eigenvalue weighted by atomic mass is 32.2. The Balaban J connectivity index is 1.39. The molecule has 2 unspecified atom stereocenters. The topological polar surface area (TPSA) is 140 Å². The molecule has 5 heterocycles. The van der Waals surface area contributed by atoms with E-state index in [0.717, 1.165) is 20.5 Å². The van der Waals surface area contributed by atoms with E-state index in [1.54, 1.807) is 24.2 Å². The van der Waals surface area contributed by atoms with E-state index in [9.17, 15) is 9.59 Å².